The van der Waals surface area contributed by atoms with E-state index in [1.54, 1.807) is 12.1 Å². The van der Waals surface area contributed by atoms with Crippen LogP contribution in [0.5, 0.6) is 0 Å². The Kier molecular flexibility index (Phi) is 8.51. The van der Waals surface area contributed by atoms with E-state index in [0.717, 1.165) is 0 Å². The van der Waals surface area contributed by atoms with E-state index in [1.807, 2.05) is 0 Å². The number of carbonyl (C=O) groups excluding carboxylic acids is 1. The zero-order valence-corrected chi connectivity index (χ0v) is 19.1. The van der Waals surface area contributed by atoms with Gasteiger partial charge in [0.1, 0.15) is 0 Å². The second-order valence-electron chi connectivity index (χ2n) is 6.16. The van der Waals surface area contributed by atoms with Gasteiger partial charge in [-0.2, -0.15) is 5.26 Å². The van der Waals surface area contributed by atoms with Gasteiger partial charge >= 0.3 is 6.03 Å². The summed E-state index contributed by atoms with van der Waals surface area (Å²) in [5.74, 6) is 0. The first kappa shape index (κ1) is 22.9. The number of benzene rings is 1. The first-order valence-electron chi connectivity index (χ1n) is 8.41. The second-order valence-corrected chi connectivity index (χ2v) is 9.62. The first-order chi connectivity index (χ1) is 13.3. The Hall–Kier alpha value is -1.39. The molecule has 2 rings (SSSR count). The number of nitriles is 1. The molecular formula is C16H21Br2N5O4S. The lowest BCUT2D eigenvalue weighted by Gasteiger charge is -2.18. The highest BCUT2D eigenvalue weighted by molar-refractivity contribution is 9.11. The number of hydrogen-bond donors (Lipinski definition) is 3. The van der Waals surface area contributed by atoms with Crippen molar-refractivity contribution in [1.82, 2.24) is 20.3 Å². The Morgan fingerprint density at radius 1 is 1.39 bits per heavy atom. The fraction of sp³-hybridized carbons (Fsp3) is 0.500. The van der Waals surface area contributed by atoms with E-state index in [4.69, 9.17) is 4.74 Å². The lowest BCUT2D eigenvalue weighted by molar-refractivity contribution is 0.195. The van der Waals surface area contributed by atoms with Crippen LogP contribution < -0.4 is 15.4 Å². The lowest BCUT2D eigenvalue weighted by Crippen LogP contribution is -2.43. The smallest absolute Gasteiger partial charge is 0.314 e. The predicted molar refractivity (Wildman–Crippen MR) is 110 cm³/mol. The minimum atomic E-state index is -3.77. The maximum atomic E-state index is 12.7. The molecule has 0 bridgehead atoms. The highest BCUT2D eigenvalue weighted by Crippen LogP contribution is 2.27. The SMILES string of the molecule is COCCNC(=O)NC[C@H]1C[C@@H](NS(=O)(=O)c2cc(Br)ccc2Br)CN1C#N. The second kappa shape index (κ2) is 10.4. The minimum absolute atomic E-state index is 0.115. The molecule has 12 heteroatoms. The van der Waals surface area contributed by atoms with Gasteiger partial charge in [0.15, 0.2) is 6.19 Å². The zero-order valence-electron chi connectivity index (χ0n) is 15.1. The number of likely N-dealkylation sites (tertiary alicyclic amines) is 1. The summed E-state index contributed by atoms with van der Waals surface area (Å²) in [6.45, 7) is 1.24. The number of nitrogens with one attached hydrogen (secondary N) is 3. The molecule has 2 amide bonds. The van der Waals surface area contributed by atoms with Crippen molar-refractivity contribution >= 4 is 47.9 Å². The summed E-state index contributed by atoms with van der Waals surface area (Å²) in [7, 11) is -2.24. The number of ether oxygens (including phenoxy) is 1. The number of rotatable bonds is 8. The van der Waals surface area contributed by atoms with E-state index in [1.165, 1.54) is 18.1 Å². The molecule has 0 aliphatic carbocycles. The molecule has 1 fully saturated rings. The molecule has 0 spiro atoms. The van der Waals surface area contributed by atoms with Gasteiger partial charge in [0.05, 0.1) is 17.5 Å². The van der Waals surface area contributed by atoms with E-state index in [9.17, 15) is 18.5 Å². The number of carbonyl (C=O) groups is 1. The summed E-state index contributed by atoms with van der Waals surface area (Å²) in [5, 5.41) is 14.6. The lowest BCUT2D eigenvalue weighted by atomic mass is 10.2. The number of halogens is 2. The van der Waals surface area contributed by atoms with Gasteiger partial charge in [0.2, 0.25) is 10.0 Å². The van der Waals surface area contributed by atoms with Crippen molar-refractivity contribution in [2.75, 3.05) is 33.4 Å². The average Bonchev–Trinajstić information content (AvgIpc) is 3.03. The maximum Gasteiger partial charge on any atom is 0.314 e. The van der Waals surface area contributed by atoms with Crippen LogP contribution >= 0.6 is 31.9 Å². The van der Waals surface area contributed by atoms with Crippen molar-refractivity contribution in [2.45, 2.75) is 23.4 Å². The van der Waals surface area contributed by atoms with Gasteiger partial charge in [0, 0.05) is 41.7 Å². The molecule has 3 N–H and O–H groups in total. The van der Waals surface area contributed by atoms with Crippen LogP contribution in [-0.4, -0.2) is 64.8 Å². The van der Waals surface area contributed by atoms with Crippen molar-refractivity contribution in [1.29, 1.82) is 5.26 Å². The normalized spacial score (nSPS) is 19.3. The minimum Gasteiger partial charge on any atom is -0.383 e. The Morgan fingerprint density at radius 3 is 2.82 bits per heavy atom. The Bertz CT molecular complexity index is 846. The highest BCUT2D eigenvalue weighted by Gasteiger charge is 2.34. The van der Waals surface area contributed by atoms with E-state index in [2.05, 4.69) is 53.4 Å². The third-order valence-electron chi connectivity index (χ3n) is 4.14. The van der Waals surface area contributed by atoms with Crippen molar-refractivity contribution in [3.05, 3.63) is 27.1 Å². The molecule has 1 aromatic rings. The molecule has 0 unspecified atom stereocenters. The van der Waals surface area contributed by atoms with Crippen LogP contribution in [-0.2, 0) is 14.8 Å². The molecule has 0 radical (unpaired) electrons. The number of nitrogens with zero attached hydrogens (tertiary/aromatic N) is 2. The molecule has 2 atom stereocenters. The van der Waals surface area contributed by atoms with Crippen LogP contribution in [0.3, 0.4) is 0 Å². The van der Waals surface area contributed by atoms with Gasteiger partial charge in [-0.3, -0.25) is 0 Å². The van der Waals surface area contributed by atoms with Gasteiger partial charge in [-0.25, -0.2) is 17.9 Å². The molecule has 1 saturated heterocycles. The van der Waals surface area contributed by atoms with E-state index >= 15 is 0 Å². The summed E-state index contributed by atoms with van der Waals surface area (Å²) >= 11 is 6.52. The van der Waals surface area contributed by atoms with Crippen LogP contribution in [0.2, 0.25) is 0 Å². The molecule has 0 aromatic heterocycles. The largest absolute Gasteiger partial charge is 0.383 e. The third-order valence-corrected chi connectivity index (χ3v) is 7.15. The quantitative estimate of drug-likeness (QED) is 0.339. The van der Waals surface area contributed by atoms with Gasteiger partial charge in [-0.15, -0.1) is 0 Å². The van der Waals surface area contributed by atoms with Crippen LogP contribution in [0, 0.1) is 11.5 Å². The Labute approximate surface area is 181 Å². The topological polar surface area (TPSA) is 124 Å². The highest BCUT2D eigenvalue weighted by atomic mass is 79.9. The first-order valence-corrected chi connectivity index (χ1v) is 11.5. The molecule has 0 saturated carbocycles. The number of amides is 2. The summed E-state index contributed by atoms with van der Waals surface area (Å²) in [6.07, 6.45) is 2.46. The summed E-state index contributed by atoms with van der Waals surface area (Å²) in [6, 6.07) is 3.78. The van der Waals surface area contributed by atoms with Crippen LogP contribution in [0.4, 0.5) is 4.79 Å². The van der Waals surface area contributed by atoms with Crippen LogP contribution in [0.25, 0.3) is 0 Å². The van der Waals surface area contributed by atoms with Crippen molar-refractivity contribution in [3.63, 3.8) is 0 Å². The Morgan fingerprint density at radius 2 is 2.14 bits per heavy atom. The number of urea groups is 1. The fourth-order valence-electron chi connectivity index (χ4n) is 2.82. The van der Waals surface area contributed by atoms with Crippen LogP contribution in [0.1, 0.15) is 6.42 Å². The van der Waals surface area contributed by atoms with Crippen molar-refractivity contribution in [2.24, 2.45) is 0 Å². The molecule has 28 heavy (non-hydrogen) atoms. The van der Waals surface area contributed by atoms with E-state index in [-0.39, 0.29) is 30.1 Å². The van der Waals surface area contributed by atoms with Gasteiger partial charge in [-0.1, -0.05) is 15.9 Å². The van der Waals surface area contributed by atoms with E-state index < -0.39 is 16.1 Å². The van der Waals surface area contributed by atoms with E-state index in [0.29, 0.717) is 28.5 Å². The summed E-state index contributed by atoms with van der Waals surface area (Å²) in [5.41, 5.74) is 0. The number of methoxy groups -OCH3 is 1. The third kappa shape index (κ3) is 6.31. The molecule has 1 aliphatic rings. The van der Waals surface area contributed by atoms with Gasteiger partial charge in [-0.05, 0) is 40.5 Å². The molecular weight excluding hydrogens is 518 g/mol. The molecule has 9 nitrogen and oxygen atoms in total. The molecule has 1 aromatic carbocycles. The zero-order chi connectivity index (χ0) is 20.7. The molecule has 1 aliphatic heterocycles. The summed E-state index contributed by atoms with van der Waals surface area (Å²) in [4.78, 5) is 13.3. The maximum absolute atomic E-state index is 12.7. The molecule has 1 heterocycles. The predicted octanol–water partition coefficient (Wildman–Crippen LogP) is 1.36. The fourth-order valence-corrected chi connectivity index (χ4v) is 5.57. The van der Waals surface area contributed by atoms with Crippen LogP contribution in [0.15, 0.2) is 32.0 Å². The molecule has 154 valence electrons. The van der Waals surface area contributed by atoms with Crippen molar-refractivity contribution < 1.29 is 17.9 Å². The number of hydrogen-bond acceptors (Lipinski definition) is 6. The summed E-state index contributed by atoms with van der Waals surface area (Å²) < 4.78 is 34.0. The monoisotopic (exact) mass is 537 g/mol. The number of sulfonamides is 1. The Balaban J connectivity index is 1.96. The van der Waals surface area contributed by atoms with Gasteiger partial charge in [0.25, 0.3) is 0 Å². The van der Waals surface area contributed by atoms with Gasteiger partial charge < -0.3 is 20.3 Å². The standard InChI is InChI=1S/C16H21Br2N5O4S/c1-27-5-4-20-16(24)21-8-13-7-12(9-23(13)10-19)22-28(25,26)15-6-11(17)2-3-14(15)18/h2-3,6,12-13,22H,4-5,7-9H2,1H3,(H2,20,21,24)/t12-,13-/m1/s1. The van der Waals surface area contributed by atoms with Crippen molar-refractivity contribution in [3.8, 4) is 6.19 Å². The average molecular weight is 539 g/mol.